The zero-order valence-electron chi connectivity index (χ0n) is 11.9. The van der Waals surface area contributed by atoms with Gasteiger partial charge in [-0.1, -0.05) is 11.6 Å². The van der Waals surface area contributed by atoms with Crippen molar-refractivity contribution in [2.45, 2.75) is 25.8 Å². The molecule has 1 aromatic rings. The number of nitrogens with two attached hydrogens (primary N) is 1. The number of benzene rings is 1. The Hall–Kier alpha value is -1.46. The Morgan fingerprint density at radius 1 is 1.30 bits per heavy atom. The molecule has 0 amide bonds. The molecule has 1 atom stereocenters. The maximum Gasteiger partial charge on any atom is 0.305 e. The third-order valence-electron chi connectivity index (χ3n) is 2.87. The highest BCUT2D eigenvalue weighted by molar-refractivity contribution is 6.31. The van der Waals surface area contributed by atoms with Crippen LogP contribution in [-0.2, 0) is 9.53 Å². The molecule has 2 N–H and O–H groups in total. The van der Waals surface area contributed by atoms with E-state index in [-0.39, 0.29) is 18.4 Å². The number of hydrogen-bond donors (Lipinski definition) is 1. The van der Waals surface area contributed by atoms with Crippen molar-refractivity contribution in [1.82, 2.24) is 0 Å². The first-order chi connectivity index (χ1) is 9.53. The molecule has 0 spiro atoms. The highest BCUT2D eigenvalue weighted by atomic mass is 35.5. The van der Waals surface area contributed by atoms with Crippen LogP contribution in [0.5, 0.6) is 11.5 Å². The van der Waals surface area contributed by atoms with E-state index in [1.54, 1.807) is 26.2 Å². The first-order valence-corrected chi connectivity index (χ1v) is 6.73. The maximum atomic E-state index is 11.3. The van der Waals surface area contributed by atoms with E-state index < -0.39 is 0 Å². The van der Waals surface area contributed by atoms with Gasteiger partial charge in [-0.3, -0.25) is 4.79 Å². The van der Waals surface area contributed by atoms with Crippen molar-refractivity contribution in [3.63, 3.8) is 0 Å². The van der Waals surface area contributed by atoms with E-state index in [4.69, 9.17) is 31.5 Å². The van der Waals surface area contributed by atoms with Crippen molar-refractivity contribution in [2.24, 2.45) is 5.73 Å². The van der Waals surface area contributed by atoms with Gasteiger partial charge in [0.25, 0.3) is 0 Å². The Labute approximate surface area is 123 Å². The van der Waals surface area contributed by atoms with Crippen LogP contribution in [0.15, 0.2) is 12.1 Å². The molecule has 0 radical (unpaired) electrons. The quantitative estimate of drug-likeness (QED) is 0.784. The van der Waals surface area contributed by atoms with Crippen molar-refractivity contribution < 1.29 is 19.0 Å². The molecule has 1 rings (SSSR count). The Bertz CT molecular complexity index is 465. The van der Waals surface area contributed by atoms with Crippen LogP contribution in [0.4, 0.5) is 0 Å². The van der Waals surface area contributed by atoms with Gasteiger partial charge in [-0.15, -0.1) is 0 Å². The number of rotatable bonds is 7. The number of methoxy groups -OCH3 is 2. The Balaban J connectivity index is 2.82. The first-order valence-electron chi connectivity index (χ1n) is 6.36. The lowest BCUT2D eigenvalue weighted by molar-refractivity contribution is -0.143. The summed E-state index contributed by atoms with van der Waals surface area (Å²) in [5.41, 5.74) is 6.78. The van der Waals surface area contributed by atoms with E-state index in [9.17, 15) is 4.79 Å². The molecule has 6 heteroatoms. The first kappa shape index (κ1) is 16.6. The summed E-state index contributed by atoms with van der Waals surface area (Å²) in [5.74, 6) is 0.830. The average molecular weight is 302 g/mol. The summed E-state index contributed by atoms with van der Waals surface area (Å²) < 4.78 is 15.2. The molecule has 20 heavy (non-hydrogen) atoms. The maximum absolute atomic E-state index is 11.3. The summed E-state index contributed by atoms with van der Waals surface area (Å²) in [5, 5.41) is 0.485. The van der Waals surface area contributed by atoms with Crippen LogP contribution in [0.2, 0.25) is 5.02 Å². The molecule has 0 aliphatic rings. The summed E-state index contributed by atoms with van der Waals surface area (Å²) in [6.07, 6.45) is 0.702. The normalized spacial score (nSPS) is 11.8. The van der Waals surface area contributed by atoms with E-state index in [0.29, 0.717) is 35.1 Å². The third kappa shape index (κ3) is 4.28. The zero-order valence-corrected chi connectivity index (χ0v) is 12.7. The molecule has 0 saturated heterocycles. The summed E-state index contributed by atoms with van der Waals surface area (Å²) in [6.45, 7) is 2.13. The van der Waals surface area contributed by atoms with Crippen molar-refractivity contribution in [2.75, 3.05) is 20.8 Å². The topological polar surface area (TPSA) is 70.8 Å². The van der Waals surface area contributed by atoms with Crippen LogP contribution in [0.1, 0.15) is 31.4 Å². The number of ether oxygens (including phenoxy) is 3. The van der Waals surface area contributed by atoms with E-state index in [2.05, 4.69) is 0 Å². The van der Waals surface area contributed by atoms with E-state index in [1.165, 1.54) is 7.11 Å². The second-order valence-corrected chi connectivity index (χ2v) is 4.59. The van der Waals surface area contributed by atoms with E-state index in [0.717, 1.165) is 0 Å². The number of hydrogen-bond acceptors (Lipinski definition) is 5. The van der Waals surface area contributed by atoms with Gasteiger partial charge in [0.15, 0.2) is 11.5 Å². The van der Waals surface area contributed by atoms with Gasteiger partial charge in [0, 0.05) is 23.6 Å². The van der Waals surface area contributed by atoms with Crippen molar-refractivity contribution in [3.8, 4) is 11.5 Å². The molecule has 5 nitrogen and oxygen atoms in total. The number of esters is 1. The predicted octanol–water partition coefficient (Wildman–Crippen LogP) is 2.70. The third-order valence-corrected chi connectivity index (χ3v) is 3.19. The van der Waals surface area contributed by atoms with Crippen LogP contribution >= 0.6 is 11.6 Å². The van der Waals surface area contributed by atoms with Gasteiger partial charge in [-0.25, -0.2) is 0 Å². The summed E-state index contributed by atoms with van der Waals surface area (Å²) in [6, 6.07) is 3.02. The summed E-state index contributed by atoms with van der Waals surface area (Å²) in [4.78, 5) is 11.3. The fourth-order valence-corrected chi connectivity index (χ4v) is 2.11. The standard InChI is InChI=1S/C14H20ClNO4/c1-4-20-14(17)6-5-11(16)9-7-12(18-2)13(19-3)8-10(9)15/h7-8,11H,4-6,16H2,1-3H3. The summed E-state index contributed by atoms with van der Waals surface area (Å²) in [7, 11) is 3.08. The van der Waals surface area contributed by atoms with Crippen LogP contribution in [0.25, 0.3) is 0 Å². The van der Waals surface area contributed by atoms with Gasteiger partial charge in [0.05, 0.1) is 20.8 Å². The van der Waals surface area contributed by atoms with Crippen LogP contribution < -0.4 is 15.2 Å². The van der Waals surface area contributed by atoms with Gasteiger partial charge >= 0.3 is 5.97 Å². The fraction of sp³-hybridized carbons (Fsp3) is 0.500. The van der Waals surface area contributed by atoms with E-state index in [1.807, 2.05) is 0 Å². The van der Waals surface area contributed by atoms with Gasteiger partial charge in [-0.2, -0.15) is 0 Å². The van der Waals surface area contributed by atoms with Crippen molar-refractivity contribution in [1.29, 1.82) is 0 Å². The van der Waals surface area contributed by atoms with Gasteiger partial charge in [0.1, 0.15) is 0 Å². The second kappa shape index (κ2) is 7.97. The van der Waals surface area contributed by atoms with Gasteiger partial charge in [0.2, 0.25) is 0 Å². The lowest BCUT2D eigenvalue weighted by Gasteiger charge is -2.16. The smallest absolute Gasteiger partial charge is 0.305 e. The molecule has 0 saturated carbocycles. The molecule has 1 unspecified atom stereocenters. The average Bonchev–Trinajstić information content (AvgIpc) is 2.44. The molecular weight excluding hydrogens is 282 g/mol. The molecule has 1 aromatic carbocycles. The zero-order chi connectivity index (χ0) is 15.1. The van der Waals surface area contributed by atoms with Crippen LogP contribution in [0, 0.1) is 0 Å². The molecular formula is C14H20ClNO4. The SMILES string of the molecule is CCOC(=O)CCC(N)c1cc(OC)c(OC)cc1Cl. The van der Waals surface area contributed by atoms with Crippen LogP contribution in [-0.4, -0.2) is 26.8 Å². The second-order valence-electron chi connectivity index (χ2n) is 4.18. The van der Waals surface area contributed by atoms with Crippen molar-refractivity contribution >= 4 is 17.6 Å². The highest BCUT2D eigenvalue weighted by Crippen LogP contribution is 2.36. The number of carbonyl (C=O) groups excluding carboxylic acids is 1. The predicted molar refractivity (Wildman–Crippen MR) is 77.4 cm³/mol. The molecule has 0 bridgehead atoms. The minimum atomic E-state index is -0.369. The van der Waals surface area contributed by atoms with Crippen molar-refractivity contribution in [3.05, 3.63) is 22.7 Å². The molecule has 0 aliphatic heterocycles. The molecule has 112 valence electrons. The molecule has 0 aromatic heterocycles. The fourth-order valence-electron chi connectivity index (χ4n) is 1.82. The minimum absolute atomic E-state index is 0.250. The Kier molecular flexibility index (Phi) is 6.61. The molecule has 0 aliphatic carbocycles. The largest absolute Gasteiger partial charge is 0.493 e. The highest BCUT2D eigenvalue weighted by Gasteiger charge is 2.16. The van der Waals surface area contributed by atoms with Crippen LogP contribution in [0.3, 0.4) is 0 Å². The summed E-state index contributed by atoms with van der Waals surface area (Å²) >= 11 is 6.18. The minimum Gasteiger partial charge on any atom is -0.493 e. The van der Waals surface area contributed by atoms with E-state index >= 15 is 0 Å². The number of carbonyl (C=O) groups is 1. The number of halogens is 1. The molecule has 0 heterocycles. The Morgan fingerprint density at radius 3 is 2.45 bits per heavy atom. The monoisotopic (exact) mass is 301 g/mol. The lowest BCUT2D eigenvalue weighted by Crippen LogP contribution is -2.14. The van der Waals surface area contributed by atoms with Gasteiger partial charge in [-0.05, 0) is 25.0 Å². The molecule has 0 fully saturated rings. The lowest BCUT2D eigenvalue weighted by atomic mass is 10.0. The Morgan fingerprint density at radius 2 is 1.90 bits per heavy atom. The van der Waals surface area contributed by atoms with Gasteiger partial charge < -0.3 is 19.9 Å².